The summed E-state index contributed by atoms with van der Waals surface area (Å²) >= 11 is 0. The molecule has 0 saturated heterocycles. The van der Waals surface area contributed by atoms with E-state index in [4.69, 9.17) is 0 Å². The Labute approximate surface area is 284 Å². The Morgan fingerprint density at radius 2 is 1.04 bits per heavy atom. The summed E-state index contributed by atoms with van der Waals surface area (Å²) in [5.41, 5.74) is -2.08. The molecule has 2 atom stereocenters. The number of amidine groups is 2. The molecule has 2 aromatic carbocycles. The molecule has 10 heteroatoms. The first-order valence-corrected chi connectivity index (χ1v) is 19.0. The fraction of sp³-hybridized carbons (Fsp3) is 0.611. The van der Waals surface area contributed by atoms with Gasteiger partial charge in [-0.2, -0.15) is 0 Å². The van der Waals surface area contributed by atoms with Crippen molar-refractivity contribution in [1.29, 1.82) is 0 Å². The zero-order valence-corrected chi connectivity index (χ0v) is 30.6. The smallest absolute Gasteiger partial charge is 0.316 e. The van der Waals surface area contributed by atoms with Gasteiger partial charge in [0, 0.05) is 20.2 Å². The van der Waals surface area contributed by atoms with Crippen molar-refractivity contribution in [2.75, 3.05) is 0 Å². The van der Waals surface area contributed by atoms with Crippen molar-refractivity contribution >= 4 is 33.3 Å². The zero-order chi connectivity index (χ0) is 33.9. The molecule has 0 aliphatic carbocycles. The first-order valence-electron chi connectivity index (χ1n) is 16.9. The summed E-state index contributed by atoms with van der Waals surface area (Å²) in [5.74, 6) is 0.347. The van der Waals surface area contributed by atoms with Crippen LogP contribution < -0.4 is 0 Å². The largest absolute Gasteiger partial charge is 0.714 e. The Morgan fingerprint density at radius 1 is 0.609 bits per heavy atom. The maximum absolute atomic E-state index is 13.6. The lowest BCUT2D eigenvalue weighted by molar-refractivity contribution is -0.546. The van der Waals surface area contributed by atoms with Crippen molar-refractivity contribution in [3.63, 3.8) is 0 Å². The van der Waals surface area contributed by atoms with Crippen LogP contribution >= 0.6 is 21.6 Å². The molecule has 2 aliphatic heterocycles. The number of rotatable bonds is 15. The normalized spacial score (nSPS) is 24.0. The van der Waals surface area contributed by atoms with Gasteiger partial charge in [-0.3, -0.25) is 9.48 Å². The molecule has 2 radical (unpaired) electrons. The van der Waals surface area contributed by atoms with Gasteiger partial charge >= 0.3 is 11.7 Å². The Morgan fingerprint density at radius 3 is 1.50 bits per heavy atom. The zero-order valence-electron chi connectivity index (χ0n) is 28.9. The molecule has 252 valence electrons. The number of unbranched alkanes of at least 4 members (excludes halogenated alkanes) is 6. The predicted molar refractivity (Wildman–Crippen MR) is 188 cm³/mol. The van der Waals surface area contributed by atoms with Gasteiger partial charge in [-0.1, -0.05) is 84.1 Å². The van der Waals surface area contributed by atoms with Gasteiger partial charge in [0.2, 0.25) is 0 Å². The fourth-order valence-electron chi connectivity index (χ4n) is 6.59. The monoisotopic (exact) mass is 668 g/mol. The Balaban J connectivity index is 1.43. The average molecular weight is 669 g/mol. The van der Waals surface area contributed by atoms with E-state index in [0.29, 0.717) is 24.0 Å². The average Bonchev–Trinajstić information content (AvgIpc) is 3.25. The van der Waals surface area contributed by atoms with Crippen LogP contribution in [0.15, 0.2) is 58.3 Å². The van der Waals surface area contributed by atoms with Crippen LogP contribution in [0.1, 0.15) is 131 Å². The lowest BCUT2D eigenvalue weighted by Gasteiger charge is -2.36. The third kappa shape index (κ3) is 6.51. The number of hydroxylamine groups is 6. The van der Waals surface area contributed by atoms with Gasteiger partial charge in [-0.25, -0.2) is 0 Å². The minimum absolute atomic E-state index is 0.173. The van der Waals surface area contributed by atoms with Gasteiger partial charge in [0.15, 0.2) is 16.6 Å². The summed E-state index contributed by atoms with van der Waals surface area (Å²) in [5, 5.41) is 55.9. The number of benzene rings is 2. The molecule has 0 bridgehead atoms. The van der Waals surface area contributed by atoms with E-state index in [0.717, 1.165) is 80.8 Å². The molecule has 2 heterocycles. The van der Waals surface area contributed by atoms with Crippen LogP contribution in [0.3, 0.4) is 0 Å². The SMILES string of the molecule is CCCCCCC1(C)N([O])C(c2ccc(SSc3ccc(C4=[N+]([O-])C(C)(CCCCCC)C(C)(C)N4[O])cc3)cc2)=[N+]([O-])C1(C)C. The first kappa shape index (κ1) is 36.4. The van der Waals surface area contributed by atoms with E-state index in [1.54, 1.807) is 21.6 Å². The van der Waals surface area contributed by atoms with Crippen LogP contribution in [-0.4, -0.2) is 53.4 Å². The van der Waals surface area contributed by atoms with Crippen molar-refractivity contribution in [3.05, 3.63) is 70.1 Å². The summed E-state index contributed by atoms with van der Waals surface area (Å²) < 4.78 is 1.86. The lowest BCUT2D eigenvalue weighted by atomic mass is 9.78. The van der Waals surface area contributed by atoms with Crippen LogP contribution in [0.5, 0.6) is 0 Å². The van der Waals surface area contributed by atoms with Crippen molar-refractivity contribution in [2.24, 2.45) is 0 Å². The van der Waals surface area contributed by atoms with Crippen LogP contribution in [0, 0.1) is 10.4 Å². The van der Waals surface area contributed by atoms with E-state index in [9.17, 15) is 20.8 Å². The van der Waals surface area contributed by atoms with Crippen molar-refractivity contribution < 1.29 is 19.9 Å². The van der Waals surface area contributed by atoms with Gasteiger partial charge in [-0.15, -0.1) is 0 Å². The van der Waals surface area contributed by atoms with E-state index >= 15 is 0 Å². The van der Waals surface area contributed by atoms with Gasteiger partial charge in [0.05, 0.1) is 11.1 Å². The fourth-order valence-corrected chi connectivity index (χ4v) is 8.52. The van der Waals surface area contributed by atoms with E-state index in [-0.39, 0.29) is 11.7 Å². The first-order chi connectivity index (χ1) is 21.7. The molecular formula is C36H52N4O4S2. The van der Waals surface area contributed by atoms with Crippen LogP contribution in [0.4, 0.5) is 0 Å². The molecule has 0 amide bonds. The third-order valence-electron chi connectivity index (χ3n) is 10.8. The molecule has 8 nitrogen and oxygen atoms in total. The third-order valence-corrected chi connectivity index (χ3v) is 13.2. The van der Waals surface area contributed by atoms with Gasteiger partial charge in [0.1, 0.15) is 5.54 Å². The molecule has 4 rings (SSSR count). The molecule has 2 aromatic rings. The number of nitrogens with zero attached hydrogens (tertiary/aromatic N) is 4. The molecule has 0 N–H and O–H groups in total. The summed E-state index contributed by atoms with van der Waals surface area (Å²) in [4.78, 5) is 1.96. The van der Waals surface area contributed by atoms with Crippen molar-refractivity contribution in [2.45, 2.75) is 152 Å². The molecule has 0 fully saturated rings. The maximum Gasteiger partial charge on any atom is 0.316 e. The van der Waals surface area contributed by atoms with E-state index in [1.807, 2.05) is 90.1 Å². The Kier molecular flexibility index (Phi) is 11.4. The standard InChI is InChI=1S/C36H52N4O4S2/c1-9-11-13-15-25-35(7)33(3,4)37(41)31(39(35)43)27-17-21-29(22-18-27)45-46-30-23-19-28(20-24-30)32-38(42)34(5,6)36(8,40(32)44)26-16-14-12-10-2/h17-24H,9-16,25-26H2,1-8H3. The van der Waals surface area contributed by atoms with Crippen LogP contribution in [0.2, 0.25) is 0 Å². The summed E-state index contributed by atoms with van der Waals surface area (Å²) in [7, 11) is 3.13. The summed E-state index contributed by atoms with van der Waals surface area (Å²) in [6.45, 7) is 15.6. The number of hydrogen-bond donors (Lipinski definition) is 0. The minimum Gasteiger partial charge on any atom is -0.714 e. The number of hydrogen-bond acceptors (Lipinski definition) is 6. The molecular weight excluding hydrogens is 617 g/mol. The Hall–Kier alpha value is -2.40. The van der Waals surface area contributed by atoms with Crippen LogP contribution in [0.25, 0.3) is 0 Å². The highest BCUT2D eigenvalue weighted by atomic mass is 33.1. The molecule has 0 saturated carbocycles. The second-order valence-corrected chi connectivity index (χ2v) is 16.6. The highest BCUT2D eigenvalue weighted by molar-refractivity contribution is 8.76. The highest BCUT2D eigenvalue weighted by Crippen LogP contribution is 2.44. The molecule has 46 heavy (non-hydrogen) atoms. The van der Waals surface area contributed by atoms with Crippen LogP contribution in [-0.2, 0) is 10.4 Å². The molecule has 0 aromatic heterocycles. The second-order valence-electron chi connectivity index (χ2n) is 14.3. The van der Waals surface area contributed by atoms with Crippen molar-refractivity contribution in [1.82, 2.24) is 10.1 Å². The van der Waals surface area contributed by atoms with Gasteiger partial charge in [-0.05, 0) is 116 Å². The predicted octanol–water partition coefficient (Wildman–Crippen LogP) is 9.34. The molecule has 2 aliphatic rings. The van der Waals surface area contributed by atoms with Crippen molar-refractivity contribution in [3.8, 4) is 0 Å². The van der Waals surface area contributed by atoms with E-state index < -0.39 is 22.2 Å². The molecule has 2 unspecified atom stereocenters. The highest BCUT2D eigenvalue weighted by Gasteiger charge is 2.63. The van der Waals surface area contributed by atoms with E-state index in [2.05, 4.69) is 13.8 Å². The lowest BCUT2D eigenvalue weighted by Crippen LogP contribution is -2.55. The second kappa shape index (κ2) is 14.4. The van der Waals surface area contributed by atoms with Gasteiger partial charge in [0.25, 0.3) is 0 Å². The summed E-state index contributed by atoms with van der Waals surface area (Å²) in [6.07, 6.45) is 9.79. The van der Waals surface area contributed by atoms with Gasteiger partial charge < -0.3 is 10.4 Å². The van der Waals surface area contributed by atoms with E-state index in [1.165, 1.54) is 0 Å². The topological polar surface area (TPSA) is 98.4 Å². The Bertz CT molecular complexity index is 1410. The minimum atomic E-state index is -0.849. The summed E-state index contributed by atoms with van der Waals surface area (Å²) in [6, 6.07) is 15.1. The molecule has 0 spiro atoms. The quantitative estimate of drug-likeness (QED) is 0.0812. The maximum atomic E-state index is 13.6.